The number of hydrogen-bond donors (Lipinski definition) is 0. The summed E-state index contributed by atoms with van der Waals surface area (Å²) in [6.07, 6.45) is 0.576. The van der Waals surface area contributed by atoms with Crippen molar-refractivity contribution in [2.24, 2.45) is 0 Å². The van der Waals surface area contributed by atoms with Crippen molar-refractivity contribution >= 4 is 5.97 Å². The van der Waals surface area contributed by atoms with Crippen molar-refractivity contribution in [1.82, 2.24) is 14.7 Å². The molecule has 0 radical (unpaired) electrons. The average Bonchev–Trinajstić information content (AvgIpc) is 2.91. The number of esters is 1. The summed E-state index contributed by atoms with van der Waals surface area (Å²) >= 11 is 0. The van der Waals surface area contributed by atoms with Crippen molar-refractivity contribution in [2.45, 2.75) is 31.9 Å². The third kappa shape index (κ3) is 2.99. The number of hydrogen-bond acceptors (Lipinski definition) is 5. The second-order valence-electron chi connectivity index (χ2n) is 5.37. The number of carbonyl (C=O) groups is 1. The first-order valence-corrected chi connectivity index (χ1v) is 6.98. The van der Waals surface area contributed by atoms with E-state index >= 15 is 0 Å². The summed E-state index contributed by atoms with van der Waals surface area (Å²) in [5.41, 5.74) is 0.229. The number of likely N-dealkylation sites (tertiary alicyclic amines) is 1. The van der Waals surface area contributed by atoms with Crippen molar-refractivity contribution in [3.05, 3.63) is 11.8 Å². The van der Waals surface area contributed by atoms with Gasteiger partial charge in [-0.05, 0) is 13.3 Å². The fourth-order valence-electron chi connectivity index (χ4n) is 2.57. The highest BCUT2D eigenvalue weighted by Crippen LogP contribution is 2.28. The van der Waals surface area contributed by atoms with Gasteiger partial charge in [0.25, 0.3) is 5.92 Å². The van der Waals surface area contributed by atoms with Crippen LogP contribution in [-0.2, 0) is 11.3 Å². The van der Waals surface area contributed by atoms with E-state index in [0.717, 1.165) is 0 Å². The lowest BCUT2D eigenvalue weighted by Crippen LogP contribution is -2.56. The molecule has 3 rings (SSSR count). The summed E-state index contributed by atoms with van der Waals surface area (Å²) < 4.78 is 37.6. The van der Waals surface area contributed by atoms with Gasteiger partial charge in [-0.3, -0.25) is 4.90 Å². The molecule has 1 aromatic rings. The second kappa shape index (κ2) is 5.25. The van der Waals surface area contributed by atoms with Gasteiger partial charge in [0.1, 0.15) is 6.10 Å². The Morgan fingerprint density at radius 1 is 1.57 bits per heavy atom. The lowest BCUT2D eigenvalue weighted by molar-refractivity contribution is -0.131. The molecule has 8 heteroatoms. The molecule has 0 spiro atoms. The van der Waals surface area contributed by atoms with Crippen LogP contribution in [0.15, 0.2) is 6.07 Å². The van der Waals surface area contributed by atoms with Crippen molar-refractivity contribution in [3.63, 3.8) is 0 Å². The average molecular weight is 301 g/mol. The van der Waals surface area contributed by atoms with Crippen LogP contribution in [-0.4, -0.2) is 58.9 Å². The zero-order valence-corrected chi connectivity index (χ0v) is 11.7. The number of alkyl halides is 2. The molecule has 1 fully saturated rings. The van der Waals surface area contributed by atoms with E-state index in [0.29, 0.717) is 32.0 Å². The first kappa shape index (κ1) is 14.2. The SMILES string of the molecule is CCOC(=O)c1cc2n(n1)CC(CCN1CC(F)(F)C1)O2. The van der Waals surface area contributed by atoms with E-state index in [2.05, 4.69) is 5.10 Å². The van der Waals surface area contributed by atoms with Gasteiger partial charge in [-0.25, -0.2) is 18.3 Å². The third-order valence-electron chi connectivity index (χ3n) is 3.57. The van der Waals surface area contributed by atoms with Crippen LogP contribution >= 0.6 is 0 Å². The van der Waals surface area contributed by atoms with Crippen molar-refractivity contribution in [3.8, 4) is 5.88 Å². The Kier molecular flexibility index (Phi) is 3.56. The van der Waals surface area contributed by atoms with Crippen LogP contribution in [0.2, 0.25) is 0 Å². The number of aromatic nitrogens is 2. The highest BCUT2D eigenvalue weighted by Gasteiger charge is 2.43. The lowest BCUT2D eigenvalue weighted by Gasteiger charge is -2.38. The quantitative estimate of drug-likeness (QED) is 0.764. The highest BCUT2D eigenvalue weighted by molar-refractivity contribution is 5.87. The van der Waals surface area contributed by atoms with Gasteiger partial charge in [-0.15, -0.1) is 0 Å². The van der Waals surface area contributed by atoms with Gasteiger partial charge in [-0.2, -0.15) is 5.10 Å². The Hall–Kier alpha value is -1.70. The fraction of sp³-hybridized carbons (Fsp3) is 0.692. The van der Waals surface area contributed by atoms with Crippen LogP contribution < -0.4 is 4.74 Å². The van der Waals surface area contributed by atoms with Gasteiger partial charge < -0.3 is 9.47 Å². The van der Waals surface area contributed by atoms with Gasteiger partial charge in [0.15, 0.2) is 5.69 Å². The zero-order valence-electron chi connectivity index (χ0n) is 11.7. The Morgan fingerprint density at radius 3 is 2.95 bits per heavy atom. The van der Waals surface area contributed by atoms with E-state index in [1.165, 1.54) is 0 Å². The highest BCUT2D eigenvalue weighted by atomic mass is 19.3. The fourth-order valence-corrected chi connectivity index (χ4v) is 2.57. The number of halogens is 2. The van der Waals surface area contributed by atoms with Crippen LogP contribution in [0, 0.1) is 0 Å². The molecule has 21 heavy (non-hydrogen) atoms. The first-order valence-electron chi connectivity index (χ1n) is 6.98. The summed E-state index contributed by atoms with van der Waals surface area (Å²) in [5.74, 6) is -2.47. The Morgan fingerprint density at radius 2 is 2.33 bits per heavy atom. The van der Waals surface area contributed by atoms with Gasteiger partial charge in [0, 0.05) is 12.6 Å². The Labute approximate surface area is 120 Å². The summed E-state index contributed by atoms with van der Waals surface area (Å²) in [6, 6.07) is 1.55. The topological polar surface area (TPSA) is 56.6 Å². The molecule has 0 aliphatic carbocycles. The molecular weight excluding hydrogens is 284 g/mol. The molecule has 2 aliphatic heterocycles. The Balaban J connectivity index is 1.47. The molecule has 0 N–H and O–H groups in total. The number of rotatable bonds is 5. The maximum Gasteiger partial charge on any atom is 0.358 e. The summed E-state index contributed by atoms with van der Waals surface area (Å²) in [5, 5.41) is 4.13. The van der Waals surface area contributed by atoms with E-state index in [-0.39, 0.29) is 24.9 Å². The molecule has 0 aromatic carbocycles. The molecular formula is C13H17F2N3O3. The largest absolute Gasteiger partial charge is 0.472 e. The first-order chi connectivity index (χ1) is 9.97. The van der Waals surface area contributed by atoms with Crippen LogP contribution in [0.5, 0.6) is 5.88 Å². The minimum Gasteiger partial charge on any atom is -0.472 e. The molecule has 6 nitrogen and oxygen atoms in total. The van der Waals surface area contributed by atoms with Gasteiger partial charge in [0.05, 0.1) is 26.2 Å². The summed E-state index contributed by atoms with van der Waals surface area (Å²) in [4.78, 5) is 13.2. The van der Waals surface area contributed by atoms with Crippen LogP contribution in [0.4, 0.5) is 8.78 Å². The molecule has 1 aromatic heterocycles. The molecule has 2 aliphatic rings. The summed E-state index contributed by atoms with van der Waals surface area (Å²) in [7, 11) is 0. The molecule has 116 valence electrons. The molecule has 1 saturated heterocycles. The van der Waals surface area contributed by atoms with Crippen LogP contribution in [0.1, 0.15) is 23.8 Å². The molecule has 1 unspecified atom stereocenters. The van der Waals surface area contributed by atoms with Crippen molar-refractivity contribution < 1.29 is 23.0 Å². The molecule has 1 atom stereocenters. The van der Waals surface area contributed by atoms with Crippen molar-refractivity contribution in [1.29, 1.82) is 0 Å². The van der Waals surface area contributed by atoms with E-state index in [9.17, 15) is 13.6 Å². The number of ether oxygens (including phenoxy) is 2. The zero-order chi connectivity index (χ0) is 15.0. The second-order valence-corrected chi connectivity index (χ2v) is 5.37. The van der Waals surface area contributed by atoms with E-state index in [1.807, 2.05) is 0 Å². The molecule has 0 bridgehead atoms. The van der Waals surface area contributed by atoms with Crippen molar-refractivity contribution in [2.75, 3.05) is 26.2 Å². The standard InChI is InChI=1S/C13H17F2N3O3/c1-2-20-12(19)10-5-11-18(16-10)6-9(21-11)3-4-17-7-13(14,15)8-17/h5,9H,2-4,6-8H2,1H3. The normalized spacial score (nSPS) is 23.3. The van der Waals surface area contributed by atoms with Crippen LogP contribution in [0.3, 0.4) is 0 Å². The van der Waals surface area contributed by atoms with Gasteiger partial charge in [-0.1, -0.05) is 0 Å². The minimum absolute atomic E-state index is 0.0852. The van der Waals surface area contributed by atoms with Gasteiger partial charge >= 0.3 is 5.97 Å². The monoisotopic (exact) mass is 301 g/mol. The molecule has 0 amide bonds. The van der Waals surface area contributed by atoms with Gasteiger partial charge in [0.2, 0.25) is 5.88 Å². The molecule has 3 heterocycles. The predicted octanol–water partition coefficient (Wildman–Crippen LogP) is 1.16. The predicted molar refractivity (Wildman–Crippen MR) is 68.6 cm³/mol. The molecule has 0 saturated carbocycles. The number of fused-ring (bicyclic) bond motifs is 1. The van der Waals surface area contributed by atoms with Crippen LogP contribution in [0.25, 0.3) is 0 Å². The summed E-state index contributed by atoms with van der Waals surface area (Å²) in [6.45, 7) is 2.79. The number of nitrogens with zero attached hydrogens (tertiary/aromatic N) is 3. The number of carbonyl (C=O) groups excluding carboxylic acids is 1. The smallest absolute Gasteiger partial charge is 0.358 e. The van der Waals surface area contributed by atoms with E-state index < -0.39 is 11.9 Å². The Bertz CT molecular complexity index is 515. The van der Waals surface area contributed by atoms with E-state index in [1.54, 1.807) is 22.6 Å². The van der Waals surface area contributed by atoms with E-state index in [4.69, 9.17) is 9.47 Å². The maximum atomic E-state index is 12.7. The lowest BCUT2D eigenvalue weighted by atomic mass is 10.1. The maximum absolute atomic E-state index is 12.7. The third-order valence-corrected chi connectivity index (χ3v) is 3.57. The minimum atomic E-state index is -2.53.